The summed E-state index contributed by atoms with van der Waals surface area (Å²) in [6.45, 7) is 6.30. The van der Waals surface area contributed by atoms with Crippen molar-refractivity contribution in [3.63, 3.8) is 0 Å². The highest BCUT2D eigenvalue weighted by molar-refractivity contribution is 5.36. The molecule has 0 spiro atoms. The minimum absolute atomic E-state index is 0.545. The van der Waals surface area contributed by atoms with E-state index in [4.69, 9.17) is 15.2 Å². The molecule has 3 nitrogen and oxygen atoms in total. The molecule has 0 bridgehead atoms. The van der Waals surface area contributed by atoms with Gasteiger partial charge in [0, 0.05) is 18.7 Å². The van der Waals surface area contributed by atoms with Crippen LogP contribution in [0.5, 0.6) is 5.75 Å². The molecule has 0 saturated carbocycles. The van der Waals surface area contributed by atoms with Crippen molar-refractivity contribution in [1.29, 1.82) is 0 Å². The Bertz CT molecular complexity index is 337. The van der Waals surface area contributed by atoms with Crippen LogP contribution in [0.25, 0.3) is 0 Å². The zero-order valence-corrected chi connectivity index (χ0v) is 11.0. The van der Waals surface area contributed by atoms with Crippen LogP contribution in [0.15, 0.2) is 18.2 Å². The van der Waals surface area contributed by atoms with Crippen LogP contribution >= 0.6 is 0 Å². The first-order chi connectivity index (χ1) is 8.17. The third-order valence-corrected chi connectivity index (χ3v) is 2.68. The van der Waals surface area contributed by atoms with E-state index >= 15 is 0 Å². The Morgan fingerprint density at radius 1 is 1.29 bits per heavy atom. The van der Waals surface area contributed by atoms with E-state index < -0.39 is 0 Å². The Morgan fingerprint density at radius 3 is 2.65 bits per heavy atom. The number of ether oxygens (including phenoxy) is 2. The van der Waals surface area contributed by atoms with Gasteiger partial charge in [0.1, 0.15) is 5.75 Å². The summed E-state index contributed by atoms with van der Waals surface area (Å²) in [4.78, 5) is 0. The fourth-order valence-electron chi connectivity index (χ4n) is 1.57. The normalized spacial score (nSPS) is 10.9. The summed E-state index contributed by atoms with van der Waals surface area (Å²) >= 11 is 0. The molecule has 0 atom stereocenters. The summed E-state index contributed by atoms with van der Waals surface area (Å²) in [6.07, 6.45) is 1.08. The number of methoxy groups -OCH3 is 1. The molecule has 2 N–H and O–H groups in total. The topological polar surface area (TPSA) is 44.5 Å². The summed E-state index contributed by atoms with van der Waals surface area (Å²) in [6, 6.07) is 5.98. The van der Waals surface area contributed by atoms with Crippen molar-refractivity contribution in [1.82, 2.24) is 0 Å². The van der Waals surface area contributed by atoms with Gasteiger partial charge < -0.3 is 15.2 Å². The average molecular weight is 237 g/mol. The van der Waals surface area contributed by atoms with Gasteiger partial charge in [-0.25, -0.2) is 0 Å². The lowest BCUT2D eigenvalue weighted by Gasteiger charge is -2.11. The quantitative estimate of drug-likeness (QED) is 0.742. The third-order valence-electron chi connectivity index (χ3n) is 2.68. The lowest BCUT2D eigenvalue weighted by Crippen LogP contribution is -2.03. The molecule has 0 aliphatic rings. The van der Waals surface area contributed by atoms with Gasteiger partial charge in [0.2, 0.25) is 0 Å². The fraction of sp³-hybridized carbons (Fsp3) is 0.571. The van der Waals surface area contributed by atoms with Crippen molar-refractivity contribution in [3.05, 3.63) is 29.3 Å². The number of hydrogen-bond acceptors (Lipinski definition) is 3. The molecule has 96 valence electrons. The molecular formula is C14H23NO2. The molecule has 1 aromatic carbocycles. The van der Waals surface area contributed by atoms with Gasteiger partial charge in [-0.2, -0.15) is 0 Å². The summed E-state index contributed by atoms with van der Waals surface area (Å²) < 4.78 is 11.0. The van der Waals surface area contributed by atoms with Crippen LogP contribution in [0.3, 0.4) is 0 Å². The summed E-state index contributed by atoms with van der Waals surface area (Å²) in [5, 5.41) is 0. The first kappa shape index (κ1) is 14.0. The number of rotatable bonds is 7. The average Bonchev–Trinajstić information content (AvgIpc) is 2.34. The van der Waals surface area contributed by atoms with Gasteiger partial charge in [-0.15, -0.1) is 0 Å². The second kappa shape index (κ2) is 7.30. The van der Waals surface area contributed by atoms with E-state index in [1.807, 2.05) is 18.2 Å². The van der Waals surface area contributed by atoms with E-state index in [0.717, 1.165) is 29.9 Å². The largest absolute Gasteiger partial charge is 0.496 e. The van der Waals surface area contributed by atoms with Crippen molar-refractivity contribution in [2.75, 3.05) is 13.7 Å². The monoisotopic (exact) mass is 237 g/mol. The molecule has 1 aromatic rings. The van der Waals surface area contributed by atoms with E-state index in [9.17, 15) is 0 Å². The Labute approximate surface area is 104 Å². The van der Waals surface area contributed by atoms with Crippen molar-refractivity contribution >= 4 is 0 Å². The van der Waals surface area contributed by atoms with Gasteiger partial charge in [0.25, 0.3) is 0 Å². The first-order valence-corrected chi connectivity index (χ1v) is 6.11. The van der Waals surface area contributed by atoms with E-state index in [0.29, 0.717) is 19.1 Å². The van der Waals surface area contributed by atoms with Crippen LogP contribution in [-0.4, -0.2) is 13.7 Å². The molecule has 1 rings (SSSR count). The minimum Gasteiger partial charge on any atom is -0.496 e. The fourth-order valence-corrected chi connectivity index (χ4v) is 1.57. The van der Waals surface area contributed by atoms with E-state index in [2.05, 4.69) is 13.8 Å². The molecule has 0 unspecified atom stereocenters. The summed E-state index contributed by atoms with van der Waals surface area (Å²) in [5.74, 6) is 1.54. The van der Waals surface area contributed by atoms with Gasteiger partial charge in [-0.05, 0) is 30.0 Å². The van der Waals surface area contributed by atoms with Crippen LogP contribution in [0.2, 0.25) is 0 Å². The van der Waals surface area contributed by atoms with Crippen LogP contribution < -0.4 is 10.5 Å². The molecule has 0 amide bonds. The van der Waals surface area contributed by atoms with Gasteiger partial charge >= 0.3 is 0 Å². The maximum Gasteiger partial charge on any atom is 0.124 e. The molecule has 0 aromatic heterocycles. The highest BCUT2D eigenvalue weighted by Crippen LogP contribution is 2.20. The first-order valence-electron chi connectivity index (χ1n) is 6.11. The smallest absolute Gasteiger partial charge is 0.124 e. The van der Waals surface area contributed by atoms with Crippen molar-refractivity contribution in [2.24, 2.45) is 11.7 Å². The van der Waals surface area contributed by atoms with Gasteiger partial charge in [0.05, 0.1) is 13.7 Å². The van der Waals surface area contributed by atoms with Crippen molar-refractivity contribution in [2.45, 2.75) is 33.4 Å². The van der Waals surface area contributed by atoms with Crippen molar-refractivity contribution < 1.29 is 9.47 Å². The van der Waals surface area contributed by atoms with Crippen LogP contribution in [0.1, 0.15) is 31.4 Å². The predicted molar refractivity (Wildman–Crippen MR) is 70.0 cm³/mol. The molecule has 0 fully saturated rings. The third kappa shape index (κ3) is 4.75. The molecule has 0 radical (unpaired) electrons. The van der Waals surface area contributed by atoms with Crippen LogP contribution in [-0.2, 0) is 17.9 Å². The Morgan fingerprint density at radius 2 is 2.06 bits per heavy atom. The maximum atomic E-state index is 5.65. The Kier molecular flexibility index (Phi) is 6.01. The predicted octanol–water partition coefficient (Wildman–Crippen LogP) is 2.72. The molecule has 3 heteroatoms. The number of hydrogen-bond donors (Lipinski definition) is 1. The standard InChI is InChI=1S/C14H23NO2/c1-11(2)6-7-17-10-13-8-12(9-15)4-5-14(13)16-3/h4-5,8,11H,6-7,9-10,15H2,1-3H3. The van der Waals surface area contributed by atoms with E-state index in [1.165, 1.54) is 0 Å². The van der Waals surface area contributed by atoms with Crippen molar-refractivity contribution in [3.8, 4) is 5.75 Å². The zero-order chi connectivity index (χ0) is 12.7. The second-order valence-corrected chi connectivity index (χ2v) is 4.59. The minimum atomic E-state index is 0.545. The van der Waals surface area contributed by atoms with E-state index in [1.54, 1.807) is 7.11 Å². The van der Waals surface area contributed by atoms with Crippen LogP contribution in [0.4, 0.5) is 0 Å². The molecule has 0 aliphatic carbocycles. The highest BCUT2D eigenvalue weighted by Gasteiger charge is 2.04. The highest BCUT2D eigenvalue weighted by atomic mass is 16.5. The molecular weight excluding hydrogens is 214 g/mol. The molecule has 0 aliphatic heterocycles. The summed E-state index contributed by atoms with van der Waals surface area (Å²) in [5.41, 5.74) is 7.80. The molecule has 17 heavy (non-hydrogen) atoms. The number of nitrogens with two attached hydrogens (primary N) is 1. The SMILES string of the molecule is COc1ccc(CN)cc1COCCC(C)C. The zero-order valence-electron chi connectivity index (χ0n) is 11.0. The van der Waals surface area contributed by atoms with E-state index in [-0.39, 0.29) is 0 Å². The molecule has 0 heterocycles. The van der Waals surface area contributed by atoms with Gasteiger partial charge in [-0.1, -0.05) is 19.9 Å². The van der Waals surface area contributed by atoms with Crippen LogP contribution in [0, 0.1) is 5.92 Å². The number of benzene rings is 1. The molecule has 0 saturated heterocycles. The van der Waals surface area contributed by atoms with Gasteiger partial charge in [-0.3, -0.25) is 0 Å². The lowest BCUT2D eigenvalue weighted by atomic mass is 10.1. The Balaban J connectivity index is 2.55. The van der Waals surface area contributed by atoms with Gasteiger partial charge in [0.15, 0.2) is 0 Å². The summed E-state index contributed by atoms with van der Waals surface area (Å²) in [7, 11) is 1.68. The lowest BCUT2D eigenvalue weighted by molar-refractivity contribution is 0.109. The second-order valence-electron chi connectivity index (χ2n) is 4.59. The maximum absolute atomic E-state index is 5.65. The Hall–Kier alpha value is -1.06.